The lowest BCUT2D eigenvalue weighted by atomic mass is 9.90. The van der Waals surface area contributed by atoms with E-state index in [2.05, 4.69) is 9.97 Å². The molecule has 41 heavy (non-hydrogen) atoms. The number of hydrogen-bond acceptors (Lipinski definition) is 7. The lowest BCUT2D eigenvalue weighted by Crippen LogP contribution is -2.35. The van der Waals surface area contributed by atoms with Crippen molar-refractivity contribution in [2.45, 2.75) is 44.9 Å². The first-order valence-electron chi connectivity index (χ1n) is 13.4. The summed E-state index contributed by atoms with van der Waals surface area (Å²) in [6, 6.07) is 6.46. The molecule has 0 spiro atoms. The van der Waals surface area contributed by atoms with Gasteiger partial charge in [0, 0.05) is 42.9 Å². The highest BCUT2D eigenvalue weighted by Gasteiger charge is 2.32. The van der Waals surface area contributed by atoms with Gasteiger partial charge in [0.15, 0.2) is 5.13 Å². The van der Waals surface area contributed by atoms with E-state index in [1.165, 1.54) is 22.9 Å². The summed E-state index contributed by atoms with van der Waals surface area (Å²) in [6.07, 6.45) is 5.97. The highest BCUT2D eigenvalue weighted by molar-refractivity contribution is 7.14. The van der Waals surface area contributed by atoms with Gasteiger partial charge in [0.25, 0.3) is 0 Å². The van der Waals surface area contributed by atoms with E-state index in [1.807, 2.05) is 0 Å². The van der Waals surface area contributed by atoms with Crippen molar-refractivity contribution in [2.75, 3.05) is 30.8 Å². The van der Waals surface area contributed by atoms with Crippen LogP contribution in [0.2, 0.25) is 0 Å². The number of benzene rings is 1. The Bertz CT molecular complexity index is 1490. The van der Waals surface area contributed by atoms with Crippen LogP contribution in [-0.2, 0) is 20.8 Å². The number of aromatic nitrogens is 2. The van der Waals surface area contributed by atoms with Crippen molar-refractivity contribution in [2.24, 2.45) is 11.8 Å². The maximum atomic E-state index is 15.5. The summed E-state index contributed by atoms with van der Waals surface area (Å²) in [4.78, 5) is 48.7. The van der Waals surface area contributed by atoms with Gasteiger partial charge in [-0.3, -0.25) is 24.2 Å². The normalized spacial score (nSPS) is 15.7. The Morgan fingerprint density at radius 2 is 2.00 bits per heavy atom. The molecule has 1 unspecified atom stereocenters. The number of hydrogen-bond donors (Lipinski definition) is 1. The first kappa shape index (κ1) is 28.6. The van der Waals surface area contributed by atoms with Crippen LogP contribution < -0.4 is 14.5 Å². The smallest absolute Gasteiger partial charge is 0.304 e. The number of carbonyl (C=O) groups excluding carboxylic acids is 2. The number of thiazole rings is 1. The number of alkyl halides is 1. The molecule has 5 rings (SSSR count). The largest absolute Gasteiger partial charge is 0.481 e. The standard InChI is InChI=1S/C29H30F2N4O5S/c1-34-23(36)11-17-10-19(14-32-27(17)34)21-8-7-20(40-15-30)13-22(21)25-26(31)41-29(33-25)35(2)28(39)18(12-24(37)38)9-16-5-3-4-6-16/h7-8,10,13-14,16,18H,3-6,9,11-12,15H2,1-2H3,(H,37,38). The SMILES string of the molecule is CN(C(=O)C(CC(=O)O)CC1CCCC1)c1nc(-c2cc(OCF)ccc2-c2cnc3c(c2)CC(=O)N3C)c(F)s1. The average Bonchev–Trinajstić information content (AvgIpc) is 3.67. The molecule has 3 heterocycles. The molecule has 0 saturated heterocycles. The number of pyridine rings is 1. The zero-order chi connectivity index (χ0) is 29.3. The molecule has 12 heteroatoms. The zero-order valence-corrected chi connectivity index (χ0v) is 23.5. The van der Waals surface area contributed by atoms with Crippen LogP contribution in [0.3, 0.4) is 0 Å². The summed E-state index contributed by atoms with van der Waals surface area (Å²) in [5, 5.41) is 8.85. The second kappa shape index (κ2) is 11.9. The number of carbonyl (C=O) groups is 3. The molecule has 1 N–H and O–H groups in total. The molecule has 216 valence electrons. The van der Waals surface area contributed by atoms with Crippen LogP contribution in [0.25, 0.3) is 22.4 Å². The second-order valence-electron chi connectivity index (χ2n) is 10.5. The van der Waals surface area contributed by atoms with Crippen LogP contribution in [0.4, 0.5) is 19.7 Å². The van der Waals surface area contributed by atoms with Crippen molar-refractivity contribution in [3.8, 4) is 28.1 Å². The van der Waals surface area contributed by atoms with Crippen LogP contribution in [0.1, 0.15) is 44.1 Å². The first-order chi connectivity index (χ1) is 19.7. The molecule has 0 bridgehead atoms. The Kier molecular flexibility index (Phi) is 8.30. The fraction of sp³-hybridized carbons (Fsp3) is 0.414. The van der Waals surface area contributed by atoms with E-state index in [0.717, 1.165) is 31.2 Å². The molecule has 9 nitrogen and oxygen atoms in total. The van der Waals surface area contributed by atoms with Crippen molar-refractivity contribution in [1.29, 1.82) is 0 Å². The highest BCUT2D eigenvalue weighted by Crippen LogP contribution is 2.41. The molecule has 1 aromatic carbocycles. The quantitative estimate of drug-likeness (QED) is 0.336. The van der Waals surface area contributed by atoms with Crippen LogP contribution in [0.5, 0.6) is 5.75 Å². The van der Waals surface area contributed by atoms with Gasteiger partial charge >= 0.3 is 5.97 Å². The van der Waals surface area contributed by atoms with E-state index in [9.17, 15) is 23.9 Å². The molecule has 2 aliphatic rings. The molecule has 1 atom stereocenters. The van der Waals surface area contributed by atoms with Crippen molar-refractivity contribution in [1.82, 2.24) is 9.97 Å². The number of nitrogens with zero attached hydrogens (tertiary/aromatic N) is 4. The Labute approximate surface area is 239 Å². The van der Waals surface area contributed by atoms with E-state index in [4.69, 9.17) is 4.74 Å². The topological polar surface area (TPSA) is 113 Å². The number of aliphatic carboxylic acids is 1. The number of carboxylic acids is 1. The summed E-state index contributed by atoms with van der Waals surface area (Å²) in [7, 11) is 3.11. The first-order valence-corrected chi connectivity index (χ1v) is 14.2. The molecule has 0 radical (unpaired) electrons. The molecule has 2 amide bonds. The van der Waals surface area contributed by atoms with Gasteiger partial charge in [-0.2, -0.15) is 4.39 Å². The van der Waals surface area contributed by atoms with Crippen LogP contribution in [-0.4, -0.2) is 53.8 Å². The molecule has 1 aliphatic carbocycles. The van der Waals surface area contributed by atoms with E-state index in [1.54, 1.807) is 31.4 Å². The summed E-state index contributed by atoms with van der Waals surface area (Å²) >= 11 is 0.666. The fourth-order valence-electron chi connectivity index (χ4n) is 5.71. The third-order valence-electron chi connectivity index (χ3n) is 7.81. The number of amides is 2. The van der Waals surface area contributed by atoms with Gasteiger partial charge in [0.05, 0.1) is 12.8 Å². The predicted octanol–water partition coefficient (Wildman–Crippen LogP) is 5.47. The van der Waals surface area contributed by atoms with Gasteiger partial charge in [-0.25, -0.2) is 14.4 Å². The number of fused-ring (bicyclic) bond motifs is 1. The number of carboxylic acid groups (broad SMARTS) is 1. The van der Waals surface area contributed by atoms with Crippen molar-refractivity contribution in [3.63, 3.8) is 0 Å². The summed E-state index contributed by atoms with van der Waals surface area (Å²) < 4.78 is 33.6. The van der Waals surface area contributed by atoms with Gasteiger partial charge in [-0.1, -0.05) is 37.0 Å². The third-order valence-corrected chi connectivity index (χ3v) is 8.73. The molecular formula is C29H30F2N4O5S. The van der Waals surface area contributed by atoms with E-state index < -0.39 is 29.8 Å². The predicted molar refractivity (Wildman–Crippen MR) is 150 cm³/mol. The summed E-state index contributed by atoms with van der Waals surface area (Å²) in [5.74, 6) is -1.33. The van der Waals surface area contributed by atoms with E-state index in [0.29, 0.717) is 40.3 Å². The average molecular weight is 585 g/mol. The number of rotatable bonds is 10. The minimum absolute atomic E-state index is 0.0665. The third kappa shape index (κ3) is 5.92. The lowest BCUT2D eigenvalue weighted by molar-refractivity contribution is -0.140. The van der Waals surface area contributed by atoms with Crippen molar-refractivity contribution in [3.05, 3.63) is 41.2 Å². The minimum atomic E-state index is -1.08. The van der Waals surface area contributed by atoms with Gasteiger partial charge in [0.2, 0.25) is 23.8 Å². The number of halogens is 2. The Balaban J connectivity index is 1.49. The van der Waals surface area contributed by atoms with E-state index in [-0.39, 0.29) is 41.2 Å². The number of likely N-dealkylation sites (N-methyl/N-ethyl adjacent to an activating group) is 1. The van der Waals surface area contributed by atoms with Crippen LogP contribution in [0.15, 0.2) is 30.5 Å². The van der Waals surface area contributed by atoms with E-state index >= 15 is 4.39 Å². The van der Waals surface area contributed by atoms with Crippen LogP contribution >= 0.6 is 11.3 Å². The van der Waals surface area contributed by atoms with Crippen molar-refractivity contribution >= 4 is 40.1 Å². The fourth-order valence-corrected chi connectivity index (χ4v) is 6.48. The Morgan fingerprint density at radius 3 is 2.71 bits per heavy atom. The molecule has 1 saturated carbocycles. The van der Waals surface area contributed by atoms with Gasteiger partial charge in [0.1, 0.15) is 17.3 Å². The highest BCUT2D eigenvalue weighted by atomic mass is 32.1. The Morgan fingerprint density at radius 1 is 1.24 bits per heavy atom. The zero-order valence-electron chi connectivity index (χ0n) is 22.7. The second-order valence-corrected chi connectivity index (χ2v) is 11.4. The monoisotopic (exact) mass is 584 g/mol. The maximum Gasteiger partial charge on any atom is 0.304 e. The maximum absolute atomic E-state index is 15.5. The molecule has 1 fully saturated rings. The lowest BCUT2D eigenvalue weighted by Gasteiger charge is -2.23. The molecular weight excluding hydrogens is 554 g/mol. The van der Waals surface area contributed by atoms with Gasteiger partial charge in [-0.05, 0) is 42.2 Å². The van der Waals surface area contributed by atoms with Gasteiger partial charge < -0.3 is 9.84 Å². The number of ether oxygens (including phenoxy) is 1. The Hall–Kier alpha value is -3.93. The molecule has 3 aromatic rings. The molecule has 2 aromatic heterocycles. The summed E-state index contributed by atoms with van der Waals surface area (Å²) in [6.45, 7) is -1.08. The summed E-state index contributed by atoms with van der Waals surface area (Å²) in [5.41, 5.74) is 2.09. The molecule has 1 aliphatic heterocycles. The minimum Gasteiger partial charge on any atom is -0.481 e. The van der Waals surface area contributed by atoms with Crippen molar-refractivity contribution < 1.29 is 33.0 Å². The number of anilines is 2. The van der Waals surface area contributed by atoms with Gasteiger partial charge in [-0.15, -0.1) is 0 Å². The van der Waals surface area contributed by atoms with Crippen LogP contribution in [0, 0.1) is 17.0 Å².